The predicted octanol–water partition coefficient (Wildman–Crippen LogP) is 3.84. The molecule has 2 aromatic carbocycles. The fraction of sp³-hybridized carbons (Fsp3) is 0.250. The number of amides is 2. The van der Waals surface area contributed by atoms with Gasteiger partial charge in [0.1, 0.15) is 11.1 Å². The highest BCUT2D eigenvalue weighted by Crippen LogP contribution is 2.25. The van der Waals surface area contributed by atoms with E-state index in [1.807, 2.05) is 0 Å². The number of benzene rings is 2. The van der Waals surface area contributed by atoms with Gasteiger partial charge in [-0.3, -0.25) is 19.7 Å². The van der Waals surface area contributed by atoms with Crippen molar-refractivity contribution in [2.75, 3.05) is 11.9 Å². The summed E-state index contributed by atoms with van der Waals surface area (Å²) < 4.78 is 5.02. The van der Waals surface area contributed by atoms with Gasteiger partial charge in [-0.1, -0.05) is 49.2 Å². The number of anilines is 1. The Morgan fingerprint density at radius 3 is 2.39 bits per heavy atom. The Bertz CT molecular complexity index is 1010. The van der Waals surface area contributed by atoms with Crippen LogP contribution >= 0.6 is 23.2 Å². The van der Waals surface area contributed by atoms with Gasteiger partial charge >= 0.3 is 5.97 Å². The van der Waals surface area contributed by atoms with E-state index in [2.05, 4.69) is 10.6 Å². The van der Waals surface area contributed by atoms with Crippen LogP contribution in [0.15, 0.2) is 42.5 Å². The Labute approximate surface area is 187 Å². The molecule has 2 aromatic rings. The third-order valence-corrected chi connectivity index (χ3v) is 4.75. The minimum Gasteiger partial charge on any atom is -0.454 e. The van der Waals surface area contributed by atoms with Crippen LogP contribution in [0.1, 0.15) is 24.2 Å². The summed E-state index contributed by atoms with van der Waals surface area (Å²) >= 11 is 11.7. The zero-order valence-corrected chi connectivity index (χ0v) is 18.1. The highest BCUT2D eigenvalue weighted by Gasteiger charge is 2.27. The molecule has 164 valence electrons. The van der Waals surface area contributed by atoms with Crippen LogP contribution in [-0.4, -0.2) is 35.4 Å². The third-order valence-electron chi connectivity index (χ3n) is 4.11. The van der Waals surface area contributed by atoms with Crippen LogP contribution in [0.25, 0.3) is 0 Å². The van der Waals surface area contributed by atoms with Crippen LogP contribution in [0.2, 0.25) is 10.0 Å². The van der Waals surface area contributed by atoms with E-state index >= 15 is 0 Å². The fourth-order valence-corrected chi connectivity index (χ4v) is 2.86. The SMILES string of the molecule is CC(C)[C@H](NC(=O)c1ccc(Cl)c([N+](=O)[O-])c1)C(=O)OCC(=O)Nc1ccccc1Cl. The second kappa shape index (κ2) is 10.7. The molecule has 2 amide bonds. The Morgan fingerprint density at radius 1 is 1.10 bits per heavy atom. The standard InChI is InChI=1S/C20H19Cl2N3O6/c1-11(2)18(24-19(27)12-7-8-14(22)16(9-12)25(29)30)20(28)31-10-17(26)23-15-6-4-3-5-13(15)21/h3-9,11,18H,10H2,1-2H3,(H,23,26)(H,24,27)/t18-/m0/s1. The first-order valence-electron chi connectivity index (χ1n) is 9.06. The molecule has 0 aliphatic rings. The lowest BCUT2D eigenvalue weighted by atomic mass is 10.0. The number of rotatable bonds is 8. The lowest BCUT2D eigenvalue weighted by Gasteiger charge is -2.21. The molecule has 1 atom stereocenters. The van der Waals surface area contributed by atoms with Crippen LogP contribution in [0.4, 0.5) is 11.4 Å². The number of esters is 1. The van der Waals surface area contributed by atoms with E-state index in [-0.39, 0.29) is 16.5 Å². The summed E-state index contributed by atoms with van der Waals surface area (Å²) in [6.07, 6.45) is 0. The Balaban J connectivity index is 2.01. The maximum atomic E-state index is 12.5. The van der Waals surface area contributed by atoms with Gasteiger partial charge in [0.25, 0.3) is 17.5 Å². The molecule has 0 aliphatic carbocycles. The van der Waals surface area contributed by atoms with Crippen LogP contribution in [0.3, 0.4) is 0 Å². The van der Waals surface area contributed by atoms with Crippen molar-refractivity contribution in [1.82, 2.24) is 5.32 Å². The van der Waals surface area contributed by atoms with Crippen molar-refractivity contribution in [3.8, 4) is 0 Å². The highest BCUT2D eigenvalue weighted by molar-refractivity contribution is 6.33. The van der Waals surface area contributed by atoms with Crippen LogP contribution in [0, 0.1) is 16.0 Å². The van der Waals surface area contributed by atoms with Gasteiger partial charge in [0.15, 0.2) is 6.61 Å². The minimum atomic E-state index is -1.09. The second-order valence-corrected chi connectivity index (χ2v) is 7.57. The summed E-state index contributed by atoms with van der Waals surface area (Å²) in [5.74, 6) is -2.55. The van der Waals surface area contributed by atoms with Crippen molar-refractivity contribution in [1.29, 1.82) is 0 Å². The number of nitro groups is 1. The molecule has 31 heavy (non-hydrogen) atoms. The maximum absolute atomic E-state index is 12.5. The quantitative estimate of drug-likeness (QED) is 0.344. The van der Waals surface area contributed by atoms with Gasteiger partial charge < -0.3 is 15.4 Å². The summed E-state index contributed by atoms with van der Waals surface area (Å²) in [5.41, 5.74) is -0.122. The Kier molecular flexibility index (Phi) is 8.35. The van der Waals surface area contributed by atoms with E-state index in [1.165, 1.54) is 12.1 Å². The van der Waals surface area contributed by atoms with Crippen LogP contribution in [-0.2, 0) is 14.3 Å². The average Bonchev–Trinajstić information content (AvgIpc) is 2.71. The molecule has 0 radical (unpaired) electrons. The summed E-state index contributed by atoms with van der Waals surface area (Å²) in [6, 6.07) is 9.00. The smallest absolute Gasteiger partial charge is 0.329 e. The first kappa shape index (κ1) is 24.1. The molecule has 0 bridgehead atoms. The predicted molar refractivity (Wildman–Crippen MR) is 115 cm³/mol. The van der Waals surface area contributed by atoms with Gasteiger partial charge in [-0.15, -0.1) is 0 Å². The molecule has 11 heteroatoms. The number of nitro benzene ring substituents is 1. The number of halogens is 2. The number of carbonyl (C=O) groups excluding carboxylic acids is 3. The lowest BCUT2D eigenvalue weighted by Crippen LogP contribution is -2.46. The van der Waals surface area contributed by atoms with E-state index < -0.39 is 41.0 Å². The number of hydrogen-bond acceptors (Lipinski definition) is 6. The maximum Gasteiger partial charge on any atom is 0.329 e. The summed E-state index contributed by atoms with van der Waals surface area (Å²) in [7, 11) is 0. The van der Waals surface area contributed by atoms with Gasteiger partial charge in [0.05, 0.1) is 15.6 Å². The first-order chi connectivity index (χ1) is 14.6. The molecule has 0 spiro atoms. The molecule has 0 fully saturated rings. The molecule has 9 nitrogen and oxygen atoms in total. The van der Waals surface area contributed by atoms with Gasteiger partial charge in [0, 0.05) is 11.6 Å². The van der Waals surface area contributed by atoms with E-state index in [9.17, 15) is 24.5 Å². The van der Waals surface area contributed by atoms with E-state index in [0.717, 1.165) is 6.07 Å². The van der Waals surface area contributed by atoms with Crippen LogP contribution in [0.5, 0.6) is 0 Å². The molecule has 0 saturated heterocycles. The van der Waals surface area contributed by atoms with Crippen LogP contribution < -0.4 is 10.6 Å². The third kappa shape index (κ3) is 6.66. The molecule has 0 unspecified atom stereocenters. The number of carbonyl (C=O) groups is 3. The van der Waals surface area contributed by atoms with Crippen molar-refractivity contribution in [2.45, 2.75) is 19.9 Å². The van der Waals surface area contributed by atoms with Crippen molar-refractivity contribution in [3.63, 3.8) is 0 Å². The average molecular weight is 468 g/mol. The normalized spacial score (nSPS) is 11.5. The largest absolute Gasteiger partial charge is 0.454 e. The molecule has 2 rings (SSSR count). The first-order valence-corrected chi connectivity index (χ1v) is 9.81. The topological polar surface area (TPSA) is 128 Å². The molecule has 0 aromatic heterocycles. The lowest BCUT2D eigenvalue weighted by molar-refractivity contribution is -0.384. The number of hydrogen-bond donors (Lipinski definition) is 2. The van der Waals surface area contributed by atoms with Gasteiger partial charge in [-0.2, -0.15) is 0 Å². The zero-order chi connectivity index (χ0) is 23.1. The molecule has 2 N–H and O–H groups in total. The molecular weight excluding hydrogens is 449 g/mol. The molecule has 0 saturated carbocycles. The number of nitrogens with one attached hydrogen (secondary N) is 2. The van der Waals surface area contributed by atoms with Crippen molar-refractivity contribution in [3.05, 3.63) is 68.2 Å². The summed E-state index contributed by atoms with van der Waals surface area (Å²) in [5, 5.41) is 16.2. The number of para-hydroxylation sites is 1. The molecular formula is C20H19Cl2N3O6. The zero-order valence-electron chi connectivity index (χ0n) is 16.6. The van der Waals surface area contributed by atoms with Crippen molar-refractivity contribution in [2.24, 2.45) is 5.92 Å². The van der Waals surface area contributed by atoms with E-state index in [0.29, 0.717) is 10.7 Å². The van der Waals surface area contributed by atoms with Gasteiger partial charge in [-0.25, -0.2) is 4.79 Å². The van der Waals surface area contributed by atoms with Gasteiger partial charge in [-0.05, 0) is 30.2 Å². The van der Waals surface area contributed by atoms with Crippen molar-refractivity contribution < 1.29 is 24.0 Å². The summed E-state index contributed by atoms with van der Waals surface area (Å²) in [6.45, 7) is 2.75. The van der Waals surface area contributed by atoms with E-state index in [4.69, 9.17) is 27.9 Å². The summed E-state index contributed by atoms with van der Waals surface area (Å²) in [4.78, 5) is 47.2. The second-order valence-electron chi connectivity index (χ2n) is 6.75. The monoisotopic (exact) mass is 467 g/mol. The minimum absolute atomic E-state index is 0.0500. The highest BCUT2D eigenvalue weighted by atomic mass is 35.5. The fourth-order valence-electron chi connectivity index (χ4n) is 2.49. The Morgan fingerprint density at radius 2 is 1.77 bits per heavy atom. The number of nitrogens with zero attached hydrogens (tertiary/aromatic N) is 1. The molecule has 0 heterocycles. The van der Waals surface area contributed by atoms with Gasteiger partial charge in [0.2, 0.25) is 0 Å². The van der Waals surface area contributed by atoms with E-state index in [1.54, 1.807) is 38.1 Å². The number of ether oxygens (including phenoxy) is 1. The van der Waals surface area contributed by atoms with Crippen molar-refractivity contribution >= 4 is 52.4 Å². The molecule has 0 aliphatic heterocycles. The Hall–Kier alpha value is -3.17.